The number of nitrogens with zero attached hydrogens (tertiary/aromatic N) is 1. The Kier molecular flexibility index (Phi) is 10.1. The molecule has 39 heavy (non-hydrogen) atoms. The minimum Gasteiger partial charge on any atom is -0.457 e. The Morgan fingerprint density at radius 2 is 1.49 bits per heavy atom. The number of hydrogen-bond acceptors (Lipinski definition) is 4. The molecule has 0 saturated carbocycles. The number of para-hydroxylation sites is 1. The second-order valence-electron chi connectivity index (χ2n) is 9.04. The molecule has 7 heteroatoms. The Morgan fingerprint density at radius 1 is 0.795 bits per heavy atom. The summed E-state index contributed by atoms with van der Waals surface area (Å²) in [7, 11) is 0. The van der Waals surface area contributed by atoms with Gasteiger partial charge in [-0.1, -0.05) is 60.7 Å². The van der Waals surface area contributed by atoms with Crippen molar-refractivity contribution in [2.45, 2.75) is 20.0 Å². The van der Waals surface area contributed by atoms with Gasteiger partial charge >= 0.3 is 6.03 Å². The van der Waals surface area contributed by atoms with Crippen LogP contribution in [0.2, 0.25) is 0 Å². The molecule has 0 aliphatic carbocycles. The minimum absolute atomic E-state index is 0.0185. The number of hydrogen-bond donors (Lipinski definition) is 2. The van der Waals surface area contributed by atoms with Gasteiger partial charge in [0, 0.05) is 24.5 Å². The van der Waals surface area contributed by atoms with Crippen LogP contribution in [-0.2, 0) is 16.1 Å². The van der Waals surface area contributed by atoms with E-state index in [1.165, 1.54) is 0 Å². The van der Waals surface area contributed by atoms with Crippen LogP contribution in [0.4, 0.5) is 16.2 Å². The van der Waals surface area contributed by atoms with Gasteiger partial charge in [0.2, 0.25) is 5.91 Å². The number of carbonyl (C=O) groups excluding carboxylic acids is 2. The van der Waals surface area contributed by atoms with E-state index in [-0.39, 0.29) is 18.5 Å². The van der Waals surface area contributed by atoms with E-state index in [0.29, 0.717) is 31.9 Å². The second-order valence-corrected chi connectivity index (χ2v) is 9.04. The van der Waals surface area contributed by atoms with Gasteiger partial charge in [-0.3, -0.25) is 9.69 Å². The highest BCUT2D eigenvalue weighted by Gasteiger charge is 2.16. The van der Waals surface area contributed by atoms with E-state index in [4.69, 9.17) is 9.47 Å². The van der Waals surface area contributed by atoms with Gasteiger partial charge in [-0.2, -0.15) is 0 Å². The van der Waals surface area contributed by atoms with Crippen molar-refractivity contribution in [1.29, 1.82) is 0 Å². The van der Waals surface area contributed by atoms with Gasteiger partial charge in [-0.05, 0) is 73.0 Å². The number of carbonyl (C=O) groups is 2. The van der Waals surface area contributed by atoms with Gasteiger partial charge in [0.1, 0.15) is 18.1 Å². The number of rotatable bonds is 12. The molecule has 0 bridgehead atoms. The zero-order chi connectivity index (χ0) is 27.3. The van der Waals surface area contributed by atoms with Crippen molar-refractivity contribution in [2.75, 3.05) is 29.9 Å². The van der Waals surface area contributed by atoms with Crippen molar-refractivity contribution in [3.05, 3.63) is 120 Å². The minimum atomic E-state index is -0.255. The highest BCUT2D eigenvalue weighted by atomic mass is 16.5. The lowest BCUT2D eigenvalue weighted by Crippen LogP contribution is -2.37. The van der Waals surface area contributed by atoms with Crippen molar-refractivity contribution >= 4 is 23.3 Å². The first-order valence-electron chi connectivity index (χ1n) is 12.9. The number of ether oxygens (including phenoxy) is 2. The molecule has 0 aliphatic rings. The Morgan fingerprint density at radius 3 is 2.21 bits per heavy atom. The number of benzene rings is 4. The number of anilines is 2. The average Bonchev–Trinajstić information content (AvgIpc) is 2.95. The van der Waals surface area contributed by atoms with Crippen LogP contribution < -0.4 is 20.3 Å². The van der Waals surface area contributed by atoms with Crippen LogP contribution in [0.25, 0.3) is 0 Å². The third kappa shape index (κ3) is 9.02. The highest BCUT2D eigenvalue weighted by Crippen LogP contribution is 2.25. The first-order valence-corrected chi connectivity index (χ1v) is 12.9. The molecule has 3 amide bonds. The Balaban J connectivity index is 1.33. The number of nitrogens with one attached hydrogen (secondary N) is 2. The lowest BCUT2D eigenvalue weighted by molar-refractivity contribution is -0.126. The zero-order valence-electron chi connectivity index (χ0n) is 22.0. The molecule has 0 radical (unpaired) electrons. The van der Waals surface area contributed by atoms with Gasteiger partial charge in [0.15, 0.2) is 0 Å². The third-order valence-electron chi connectivity index (χ3n) is 5.87. The van der Waals surface area contributed by atoms with Gasteiger partial charge in [-0.15, -0.1) is 0 Å². The normalized spacial score (nSPS) is 10.5. The van der Waals surface area contributed by atoms with E-state index >= 15 is 0 Å². The van der Waals surface area contributed by atoms with Crippen LogP contribution in [0.5, 0.6) is 11.5 Å². The lowest BCUT2D eigenvalue weighted by Gasteiger charge is -2.24. The molecule has 0 heterocycles. The van der Waals surface area contributed by atoms with E-state index in [1.54, 1.807) is 4.90 Å². The fourth-order valence-electron chi connectivity index (χ4n) is 3.93. The average molecular weight is 524 g/mol. The van der Waals surface area contributed by atoms with E-state index in [2.05, 4.69) is 10.6 Å². The first-order chi connectivity index (χ1) is 19.1. The van der Waals surface area contributed by atoms with Crippen LogP contribution in [0, 0.1) is 6.92 Å². The molecule has 4 aromatic carbocycles. The van der Waals surface area contributed by atoms with E-state index in [1.807, 2.05) is 116 Å². The number of amides is 3. The monoisotopic (exact) mass is 523 g/mol. The van der Waals surface area contributed by atoms with Crippen molar-refractivity contribution in [2.24, 2.45) is 0 Å². The molecule has 0 saturated heterocycles. The lowest BCUT2D eigenvalue weighted by atomic mass is 10.2. The first kappa shape index (κ1) is 27.4. The predicted octanol–water partition coefficient (Wildman–Crippen LogP) is 6.55. The fourth-order valence-corrected chi connectivity index (χ4v) is 3.93. The quantitative estimate of drug-likeness (QED) is 0.206. The summed E-state index contributed by atoms with van der Waals surface area (Å²) < 4.78 is 11.4. The smallest absolute Gasteiger partial charge is 0.326 e. The molecular formula is C32H33N3O4. The largest absolute Gasteiger partial charge is 0.457 e. The second kappa shape index (κ2) is 14.4. The van der Waals surface area contributed by atoms with Crippen LogP contribution in [0.3, 0.4) is 0 Å². The summed E-state index contributed by atoms with van der Waals surface area (Å²) in [6.07, 6.45) is 0.563. The van der Waals surface area contributed by atoms with Gasteiger partial charge < -0.3 is 20.1 Å². The van der Waals surface area contributed by atoms with Gasteiger partial charge in [-0.25, -0.2) is 4.79 Å². The third-order valence-corrected chi connectivity index (χ3v) is 5.87. The number of urea groups is 1. The molecule has 4 aromatic rings. The van der Waals surface area contributed by atoms with Crippen LogP contribution >= 0.6 is 0 Å². The zero-order valence-corrected chi connectivity index (χ0v) is 22.0. The van der Waals surface area contributed by atoms with Gasteiger partial charge in [0.05, 0.1) is 6.61 Å². The van der Waals surface area contributed by atoms with Crippen molar-refractivity contribution in [3.63, 3.8) is 0 Å². The molecule has 7 nitrogen and oxygen atoms in total. The molecule has 200 valence electrons. The van der Waals surface area contributed by atoms with Crippen molar-refractivity contribution < 1.29 is 19.1 Å². The molecule has 0 unspecified atom stereocenters. The van der Waals surface area contributed by atoms with Crippen molar-refractivity contribution in [3.8, 4) is 11.5 Å². The summed E-state index contributed by atoms with van der Waals surface area (Å²) in [6, 6.07) is 34.0. The Labute approximate surface area is 229 Å². The van der Waals surface area contributed by atoms with E-state index in [0.717, 1.165) is 28.3 Å². The molecule has 0 fully saturated rings. The molecule has 0 spiro atoms. The Bertz CT molecular complexity index is 1330. The maximum atomic E-state index is 13.3. The Hall–Kier alpha value is -4.62. The molecule has 2 N–H and O–H groups in total. The maximum absolute atomic E-state index is 13.3. The summed E-state index contributed by atoms with van der Waals surface area (Å²) in [5.74, 6) is 1.22. The summed E-state index contributed by atoms with van der Waals surface area (Å²) >= 11 is 0. The van der Waals surface area contributed by atoms with Crippen molar-refractivity contribution in [1.82, 2.24) is 5.32 Å². The van der Waals surface area contributed by atoms with Crippen LogP contribution in [0.15, 0.2) is 109 Å². The molecule has 0 aromatic heterocycles. The summed E-state index contributed by atoms with van der Waals surface area (Å²) in [4.78, 5) is 27.1. The summed E-state index contributed by atoms with van der Waals surface area (Å²) in [5.41, 5.74) is 3.51. The van der Waals surface area contributed by atoms with Gasteiger partial charge in [0.25, 0.3) is 0 Å². The molecule has 4 rings (SSSR count). The van der Waals surface area contributed by atoms with E-state index in [9.17, 15) is 9.59 Å². The topological polar surface area (TPSA) is 79.9 Å². The van der Waals surface area contributed by atoms with E-state index < -0.39 is 0 Å². The molecule has 0 atom stereocenters. The SMILES string of the molecule is Cc1cccc(NC(=O)N(CCCNC(=O)COCc2ccccc2)c2ccc(Oc3ccccc3)cc2)c1. The molecular weight excluding hydrogens is 490 g/mol. The maximum Gasteiger partial charge on any atom is 0.326 e. The fraction of sp³-hybridized carbons (Fsp3) is 0.188. The highest BCUT2D eigenvalue weighted by molar-refractivity contribution is 6.01. The molecule has 0 aliphatic heterocycles. The standard InChI is InChI=1S/C32H33N3O4/c1-25-10-8-13-27(22-25)34-32(37)35(28-16-18-30(19-17-28)39-29-14-6-3-7-15-29)21-9-20-33-31(36)24-38-23-26-11-4-2-5-12-26/h2-8,10-19,22H,9,20-21,23-24H2,1H3,(H,33,36)(H,34,37). The van der Waals surface area contributed by atoms with Crippen LogP contribution in [-0.4, -0.2) is 31.6 Å². The number of aryl methyl sites for hydroxylation is 1. The van der Waals surface area contributed by atoms with Crippen LogP contribution in [0.1, 0.15) is 17.5 Å². The summed E-state index contributed by atoms with van der Waals surface area (Å²) in [5, 5.41) is 5.84. The summed E-state index contributed by atoms with van der Waals surface area (Å²) in [6.45, 7) is 3.16. The predicted molar refractivity (Wildman–Crippen MR) is 154 cm³/mol.